The Kier molecular flexibility index (Phi) is 6.92. The van der Waals surface area contributed by atoms with Crippen LogP contribution in [0.3, 0.4) is 0 Å². The maximum atomic E-state index is 13.3. The molecule has 1 aromatic heterocycles. The molecule has 0 saturated carbocycles. The van der Waals surface area contributed by atoms with Gasteiger partial charge in [0.25, 0.3) is 5.56 Å². The summed E-state index contributed by atoms with van der Waals surface area (Å²) in [6.07, 6.45) is 0.531. The first-order valence-electron chi connectivity index (χ1n) is 9.85. The van der Waals surface area contributed by atoms with Gasteiger partial charge in [-0.25, -0.2) is 14.2 Å². The number of halogens is 1. The van der Waals surface area contributed by atoms with Gasteiger partial charge in [-0.1, -0.05) is 19.1 Å². The SMILES string of the molecule is CCOC(=O)c1ccccc1NC(=O)Cn1c(-c2ccc(F)cc2)nc(CC)cc1=O. The second-order valence-corrected chi connectivity index (χ2v) is 6.67. The molecule has 0 fully saturated rings. The number of nitrogens with zero attached hydrogens (tertiary/aromatic N) is 2. The highest BCUT2D eigenvalue weighted by atomic mass is 19.1. The number of hydrogen-bond acceptors (Lipinski definition) is 5. The summed E-state index contributed by atoms with van der Waals surface area (Å²) in [4.78, 5) is 42.0. The molecule has 0 aliphatic rings. The van der Waals surface area contributed by atoms with Crippen molar-refractivity contribution < 1.29 is 18.7 Å². The number of nitrogens with one attached hydrogen (secondary N) is 1. The van der Waals surface area contributed by atoms with Gasteiger partial charge in [-0.05, 0) is 49.7 Å². The van der Waals surface area contributed by atoms with E-state index in [9.17, 15) is 18.8 Å². The van der Waals surface area contributed by atoms with Crippen LogP contribution in [-0.4, -0.2) is 28.0 Å². The maximum absolute atomic E-state index is 13.3. The van der Waals surface area contributed by atoms with Crippen LogP contribution < -0.4 is 10.9 Å². The lowest BCUT2D eigenvalue weighted by molar-refractivity contribution is -0.116. The molecule has 160 valence electrons. The summed E-state index contributed by atoms with van der Waals surface area (Å²) in [5, 5.41) is 2.65. The lowest BCUT2D eigenvalue weighted by atomic mass is 10.1. The minimum absolute atomic E-state index is 0.201. The predicted molar refractivity (Wildman–Crippen MR) is 114 cm³/mol. The van der Waals surface area contributed by atoms with Crippen LogP contribution >= 0.6 is 0 Å². The fourth-order valence-electron chi connectivity index (χ4n) is 3.02. The Morgan fingerprint density at radius 3 is 2.48 bits per heavy atom. The van der Waals surface area contributed by atoms with Gasteiger partial charge in [0.2, 0.25) is 5.91 Å². The molecule has 1 heterocycles. The van der Waals surface area contributed by atoms with Gasteiger partial charge in [0.05, 0.1) is 17.9 Å². The number of para-hydroxylation sites is 1. The normalized spacial score (nSPS) is 10.5. The van der Waals surface area contributed by atoms with Crippen molar-refractivity contribution in [2.45, 2.75) is 26.8 Å². The fourth-order valence-corrected chi connectivity index (χ4v) is 3.02. The molecule has 0 aliphatic heterocycles. The first-order chi connectivity index (χ1) is 14.9. The molecular weight excluding hydrogens is 401 g/mol. The number of anilines is 1. The lowest BCUT2D eigenvalue weighted by Gasteiger charge is -2.14. The van der Waals surface area contributed by atoms with Crippen LogP contribution in [0.4, 0.5) is 10.1 Å². The topological polar surface area (TPSA) is 90.3 Å². The van der Waals surface area contributed by atoms with E-state index in [1.807, 2.05) is 6.92 Å². The summed E-state index contributed by atoms with van der Waals surface area (Å²) in [5.41, 5.74) is 1.16. The average Bonchev–Trinajstić information content (AvgIpc) is 2.76. The molecule has 31 heavy (non-hydrogen) atoms. The lowest BCUT2D eigenvalue weighted by Crippen LogP contribution is -2.30. The molecule has 8 heteroatoms. The van der Waals surface area contributed by atoms with Gasteiger partial charge >= 0.3 is 5.97 Å². The van der Waals surface area contributed by atoms with E-state index in [1.165, 1.54) is 34.9 Å². The van der Waals surface area contributed by atoms with Crippen LogP contribution in [0, 0.1) is 5.82 Å². The van der Waals surface area contributed by atoms with Crippen molar-refractivity contribution in [1.82, 2.24) is 9.55 Å². The van der Waals surface area contributed by atoms with Crippen molar-refractivity contribution in [1.29, 1.82) is 0 Å². The van der Waals surface area contributed by atoms with Crippen molar-refractivity contribution >= 4 is 17.6 Å². The number of amides is 1. The zero-order chi connectivity index (χ0) is 22.4. The van der Waals surface area contributed by atoms with E-state index in [1.54, 1.807) is 31.2 Å². The van der Waals surface area contributed by atoms with Crippen molar-refractivity contribution in [2.24, 2.45) is 0 Å². The third kappa shape index (κ3) is 5.22. The molecule has 3 rings (SSSR count). The highest BCUT2D eigenvalue weighted by molar-refractivity contribution is 6.01. The van der Waals surface area contributed by atoms with Crippen molar-refractivity contribution in [3.05, 3.63) is 82.0 Å². The Bertz CT molecular complexity index is 1160. The molecule has 0 bridgehead atoms. The first-order valence-corrected chi connectivity index (χ1v) is 9.85. The molecule has 0 spiro atoms. The maximum Gasteiger partial charge on any atom is 0.340 e. The average molecular weight is 423 g/mol. The Morgan fingerprint density at radius 1 is 1.10 bits per heavy atom. The van der Waals surface area contributed by atoms with Crippen LogP contribution in [0.2, 0.25) is 0 Å². The first kappa shape index (κ1) is 21.9. The minimum atomic E-state index is -0.559. The molecule has 0 saturated heterocycles. The molecule has 1 amide bonds. The van der Waals surface area contributed by atoms with E-state index in [0.717, 1.165) is 0 Å². The van der Waals surface area contributed by atoms with Crippen LogP contribution in [0.5, 0.6) is 0 Å². The van der Waals surface area contributed by atoms with Gasteiger partial charge < -0.3 is 10.1 Å². The predicted octanol–water partition coefficient (Wildman–Crippen LogP) is 3.43. The Hall–Kier alpha value is -3.81. The largest absolute Gasteiger partial charge is 0.462 e. The number of esters is 1. The molecule has 0 aliphatic carbocycles. The Labute approximate surface area is 178 Å². The van der Waals surface area contributed by atoms with Gasteiger partial charge in [0, 0.05) is 17.3 Å². The summed E-state index contributed by atoms with van der Waals surface area (Å²) in [6, 6.07) is 13.3. The molecule has 7 nitrogen and oxygen atoms in total. The smallest absolute Gasteiger partial charge is 0.340 e. The summed E-state index contributed by atoms with van der Waals surface area (Å²) in [5.74, 6) is -1.24. The number of carbonyl (C=O) groups is 2. The number of ether oxygens (including phenoxy) is 1. The third-order valence-corrected chi connectivity index (χ3v) is 4.52. The van der Waals surface area contributed by atoms with E-state index >= 15 is 0 Å². The van der Waals surface area contributed by atoms with Crippen molar-refractivity contribution in [3.63, 3.8) is 0 Å². The summed E-state index contributed by atoms with van der Waals surface area (Å²) in [7, 11) is 0. The zero-order valence-corrected chi connectivity index (χ0v) is 17.2. The van der Waals surface area contributed by atoms with E-state index in [4.69, 9.17) is 4.74 Å². The second kappa shape index (κ2) is 9.80. The quantitative estimate of drug-likeness (QED) is 0.588. The summed E-state index contributed by atoms with van der Waals surface area (Å²) >= 11 is 0. The van der Waals surface area contributed by atoms with Crippen molar-refractivity contribution in [2.75, 3.05) is 11.9 Å². The minimum Gasteiger partial charge on any atom is -0.462 e. The number of aryl methyl sites for hydroxylation is 1. The van der Waals surface area contributed by atoms with E-state index in [-0.39, 0.29) is 30.2 Å². The molecule has 1 N–H and O–H groups in total. The number of benzene rings is 2. The third-order valence-electron chi connectivity index (χ3n) is 4.52. The molecule has 3 aromatic rings. The number of carbonyl (C=O) groups excluding carboxylic acids is 2. The molecule has 0 atom stereocenters. The highest BCUT2D eigenvalue weighted by Gasteiger charge is 2.17. The van der Waals surface area contributed by atoms with E-state index in [2.05, 4.69) is 10.3 Å². The van der Waals surface area contributed by atoms with Crippen LogP contribution in [0.15, 0.2) is 59.4 Å². The Morgan fingerprint density at radius 2 is 1.81 bits per heavy atom. The van der Waals surface area contributed by atoms with Gasteiger partial charge in [-0.3, -0.25) is 14.2 Å². The molecule has 0 unspecified atom stereocenters. The molecule has 2 aromatic carbocycles. The van der Waals surface area contributed by atoms with Gasteiger partial charge in [-0.15, -0.1) is 0 Å². The molecular formula is C23H22FN3O4. The monoisotopic (exact) mass is 423 g/mol. The number of rotatable bonds is 7. The van der Waals surface area contributed by atoms with Crippen LogP contribution in [0.1, 0.15) is 29.9 Å². The summed E-state index contributed by atoms with van der Waals surface area (Å²) in [6.45, 7) is 3.42. The van der Waals surface area contributed by atoms with Crippen LogP contribution in [0.25, 0.3) is 11.4 Å². The zero-order valence-electron chi connectivity index (χ0n) is 17.2. The van der Waals surface area contributed by atoms with Crippen molar-refractivity contribution in [3.8, 4) is 11.4 Å². The molecule has 0 radical (unpaired) electrons. The van der Waals surface area contributed by atoms with Crippen LogP contribution in [-0.2, 0) is 22.5 Å². The Balaban J connectivity index is 1.93. The second-order valence-electron chi connectivity index (χ2n) is 6.67. The summed E-state index contributed by atoms with van der Waals surface area (Å²) < 4.78 is 19.6. The van der Waals surface area contributed by atoms with E-state index in [0.29, 0.717) is 17.7 Å². The van der Waals surface area contributed by atoms with Gasteiger partial charge in [-0.2, -0.15) is 0 Å². The fraction of sp³-hybridized carbons (Fsp3) is 0.217. The number of aromatic nitrogens is 2. The van der Waals surface area contributed by atoms with Gasteiger partial charge in [0.15, 0.2) is 0 Å². The van der Waals surface area contributed by atoms with E-state index < -0.39 is 23.3 Å². The highest BCUT2D eigenvalue weighted by Crippen LogP contribution is 2.19. The standard InChI is InChI=1S/C23H22FN3O4/c1-3-17-13-21(29)27(22(25-17)15-9-11-16(24)12-10-15)14-20(28)26-19-8-6-5-7-18(19)23(30)31-4-2/h5-13H,3-4,14H2,1-2H3,(H,26,28). The van der Waals surface area contributed by atoms with Gasteiger partial charge in [0.1, 0.15) is 18.2 Å². The number of hydrogen-bond donors (Lipinski definition) is 1.